The first-order valence-electron chi connectivity index (χ1n) is 5.91. The average Bonchev–Trinajstić information content (AvgIpc) is 2.87. The van der Waals surface area contributed by atoms with Crippen LogP contribution in [0, 0.1) is 0 Å². The van der Waals surface area contributed by atoms with Crippen molar-refractivity contribution < 1.29 is 9.90 Å². The van der Waals surface area contributed by atoms with Crippen molar-refractivity contribution in [1.29, 1.82) is 0 Å². The van der Waals surface area contributed by atoms with Gasteiger partial charge in [-0.25, -0.2) is 9.78 Å². The molecule has 2 fully saturated rings. The predicted octanol–water partition coefficient (Wildman–Crippen LogP) is 1.49. The fourth-order valence-electron chi connectivity index (χ4n) is 2.36. The van der Waals surface area contributed by atoms with Gasteiger partial charge in [-0.2, -0.15) is 0 Å². The fraction of sp³-hybridized carbons (Fsp3) is 0.636. The van der Waals surface area contributed by atoms with Crippen LogP contribution >= 0.6 is 11.3 Å². The van der Waals surface area contributed by atoms with Gasteiger partial charge in [-0.1, -0.05) is 0 Å². The normalized spacial score (nSPS) is 25.1. The number of aromatic carboxylic acids is 1. The van der Waals surface area contributed by atoms with Gasteiger partial charge in [0.05, 0.1) is 5.51 Å². The van der Waals surface area contributed by atoms with Crippen molar-refractivity contribution >= 4 is 22.3 Å². The third-order valence-corrected chi connectivity index (χ3v) is 4.15. The van der Waals surface area contributed by atoms with Crippen LogP contribution in [0.15, 0.2) is 5.51 Å². The summed E-state index contributed by atoms with van der Waals surface area (Å²) in [5.41, 5.74) is 1.74. The zero-order valence-electron chi connectivity index (χ0n) is 9.43. The number of rotatable bonds is 4. The van der Waals surface area contributed by atoms with E-state index in [4.69, 9.17) is 5.11 Å². The summed E-state index contributed by atoms with van der Waals surface area (Å²) in [6, 6.07) is 1.16. The molecular weight excluding hydrogens is 238 g/mol. The molecule has 1 unspecified atom stereocenters. The van der Waals surface area contributed by atoms with Crippen LogP contribution in [0.4, 0.5) is 5.00 Å². The summed E-state index contributed by atoms with van der Waals surface area (Å²) in [4.78, 5) is 17.3. The van der Waals surface area contributed by atoms with Crippen molar-refractivity contribution in [2.75, 3.05) is 18.4 Å². The maximum atomic E-state index is 10.9. The number of nitrogens with zero attached hydrogens (tertiary/aromatic N) is 2. The van der Waals surface area contributed by atoms with Gasteiger partial charge in [0.25, 0.3) is 0 Å². The summed E-state index contributed by atoms with van der Waals surface area (Å²) in [6.07, 6.45) is 3.74. The van der Waals surface area contributed by atoms with E-state index in [1.165, 1.54) is 24.2 Å². The molecule has 3 rings (SSSR count). The van der Waals surface area contributed by atoms with Crippen molar-refractivity contribution in [2.45, 2.75) is 31.3 Å². The minimum absolute atomic E-state index is 0.153. The minimum Gasteiger partial charge on any atom is -0.476 e. The maximum absolute atomic E-state index is 10.9. The molecule has 1 saturated carbocycles. The monoisotopic (exact) mass is 253 g/mol. The van der Waals surface area contributed by atoms with Crippen LogP contribution < -0.4 is 5.32 Å². The van der Waals surface area contributed by atoms with Gasteiger partial charge in [-0.3, -0.25) is 4.90 Å². The molecule has 1 atom stereocenters. The largest absolute Gasteiger partial charge is 0.476 e. The highest BCUT2D eigenvalue weighted by Crippen LogP contribution is 2.31. The van der Waals surface area contributed by atoms with Crippen LogP contribution in [-0.4, -0.2) is 46.1 Å². The molecule has 0 amide bonds. The molecule has 0 radical (unpaired) electrons. The van der Waals surface area contributed by atoms with Crippen LogP contribution in [0.3, 0.4) is 0 Å². The molecule has 6 heteroatoms. The molecule has 2 heterocycles. The molecule has 1 aliphatic carbocycles. The van der Waals surface area contributed by atoms with Gasteiger partial charge < -0.3 is 10.4 Å². The summed E-state index contributed by atoms with van der Waals surface area (Å²) in [5, 5.41) is 13.0. The molecule has 92 valence electrons. The molecule has 0 spiro atoms. The summed E-state index contributed by atoms with van der Waals surface area (Å²) in [6.45, 7) is 2.16. The number of aromatic nitrogens is 1. The molecule has 2 N–H and O–H groups in total. The van der Waals surface area contributed by atoms with E-state index < -0.39 is 5.97 Å². The first-order chi connectivity index (χ1) is 8.24. The maximum Gasteiger partial charge on any atom is 0.357 e. The number of anilines is 1. The van der Waals surface area contributed by atoms with Gasteiger partial charge in [-0.15, -0.1) is 11.3 Å². The first-order valence-corrected chi connectivity index (χ1v) is 6.79. The smallest absolute Gasteiger partial charge is 0.357 e. The number of likely N-dealkylation sites (tertiary alicyclic amines) is 1. The average molecular weight is 253 g/mol. The van der Waals surface area contributed by atoms with E-state index in [-0.39, 0.29) is 5.69 Å². The number of carboxylic acids is 1. The lowest BCUT2D eigenvalue weighted by atomic mass is 10.2. The quantitative estimate of drug-likeness (QED) is 0.851. The minimum atomic E-state index is -0.953. The molecule has 1 aliphatic heterocycles. The Morgan fingerprint density at radius 1 is 1.53 bits per heavy atom. The molecule has 0 bridgehead atoms. The Bertz CT molecular complexity index is 430. The van der Waals surface area contributed by atoms with Gasteiger partial charge >= 0.3 is 5.97 Å². The lowest BCUT2D eigenvalue weighted by Gasteiger charge is -2.15. The second-order valence-electron chi connectivity index (χ2n) is 4.69. The van der Waals surface area contributed by atoms with Gasteiger partial charge in [0, 0.05) is 25.2 Å². The highest BCUT2D eigenvalue weighted by atomic mass is 32.1. The first kappa shape index (κ1) is 11.0. The van der Waals surface area contributed by atoms with Crippen molar-refractivity contribution in [3.05, 3.63) is 11.2 Å². The second-order valence-corrected chi connectivity index (χ2v) is 5.55. The molecule has 5 nitrogen and oxygen atoms in total. The van der Waals surface area contributed by atoms with Gasteiger partial charge in [0.15, 0.2) is 5.69 Å². The fourth-order valence-corrected chi connectivity index (χ4v) is 3.11. The van der Waals surface area contributed by atoms with Crippen molar-refractivity contribution in [3.8, 4) is 0 Å². The second kappa shape index (κ2) is 4.27. The standard InChI is InChI=1S/C11H15N3O2S/c15-11(16)9-10(17-6-12-9)13-7-3-4-14(5-7)8-1-2-8/h6-8,13H,1-5H2,(H,15,16). The van der Waals surface area contributed by atoms with Gasteiger partial charge in [0.1, 0.15) is 5.00 Å². The third-order valence-electron chi connectivity index (χ3n) is 3.39. The van der Waals surface area contributed by atoms with E-state index in [0.717, 1.165) is 25.6 Å². The highest BCUT2D eigenvalue weighted by Gasteiger charge is 2.34. The Kier molecular flexibility index (Phi) is 2.76. The third kappa shape index (κ3) is 2.28. The summed E-state index contributed by atoms with van der Waals surface area (Å²) in [7, 11) is 0. The summed E-state index contributed by atoms with van der Waals surface area (Å²) < 4.78 is 0. The molecule has 17 heavy (non-hydrogen) atoms. The van der Waals surface area contributed by atoms with Crippen molar-refractivity contribution in [1.82, 2.24) is 9.88 Å². The van der Waals surface area contributed by atoms with Crippen LogP contribution in [0.2, 0.25) is 0 Å². The van der Waals surface area contributed by atoms with E-state index in [0.29, 0.717) is 11.0 Å². The molecule has 1 aromatic heterocycles. The van der Waals surface area contributed by atoms with Crippen LogP contribution in [0.1, 0.15) is 29.8 Å². The SMILES string of the molecule is O=C(O)c1ncsc1NC1CCN(C2CC2)C1. The number of thiazole rings is 1. The zero-order valence-corrected chi connectivity index (χ0v) is 10.2. The van der Waals surface area contributed by atoms with Gasteiger partial charge in [-0.05, 0) is 19.3 Å². The Morgan fingerprint density at radius 2 is 2.35 bits per heavy atom. The van der Waals surface area contributed by atoms with Crippen molar-refractivity contribution in [3.63, 3.8) is 0 Å². The van der Waals surface area contributed by atoms with E-state index in [1.807, 2.05) is 0 Å². The number of nitrogens with one attached hydrogen (secondary N) is 1. The van der Waals surface area contributed by atoms with E-state index in [9.17, 15) is 4.79 Å². The molecular formula is C11H15N3O2S. The Morgan fingerprint density at radius 3 is 3.06 bits per heavy atom. The molecule has 1 saturated heterocycles. The molecule has 1 aromatic rings. The van der Waals surface area contributed by atoms with Crippen LogP contribution in [0.5, 0.6) is 0 Å². The van der Waals surface area contributed by atoms with Crippen molar-refractivity contribution in [2.24, 2.45) is 0 Å². The van der Waals surface area contributed by atoms with Crippen LogP contribution in [-0.2, 0) is 0 Å². The van der Waals surface area contributed by atoms with Crippen LogP contribution in [0.25, 0.3) is 0 Å². The van der Waals surface area contributed by atoms with E-state index in [2.05, 4.69) is 15.2 Å². The highest BCUT2D eigenvalue weighted by molar-refractivity contribution is 7.14. The molecule has 2 aliphatic rings. The summed E-state index contributed by atoms with van der Waals surface area (Å²) in [5.74, 6) is -0.953. The van der Waals surface area contributed by atoms with Gasteiger partial charge in [0.2, 0.25) is 0 Å². The Labute approximate surface area is 103 Å². The lowest BCUT2D eigenvalue weighted by Crippen LogP contribution is -2.27. The molecule has 0 aromatic carbocycles. The predicted molar refractivity (Wildman–Crippen MR) is 65.7 cm³/mol. The number of carboxylic acid groups (broad SMARTS) is 1. The topological polar surface area (TPSA) is 65.5 Å². The number of hydrogen-bond acceptors (Lipinski definition) is 5. The Hall–Kier alpha value is -1.14. The van der Waals surface area contributed by atoms with E-state index in [1.54, 1.807) is 5.51 Å². The summed E-state index contributed by atoms with van der Waals surface area (Å²) >= 11 is 1.37. The Balaban J connectivity index is 1.63. The van der Waals surface area contributed by atoms with E-state index >= 15 is 0 Å². The number of hydrogen-bond donors (Lipinski definition) is 2. The lowest BCUT2D eigenvalue weighted by molar-refractivity contribution is 0.0692. The zero-order chi connectivity index (χ0) is 11.8. The number of carbonyl (C=O) groups is 1.